The van der Waals surface area contributed by atoms with Crippen LogP contribution in [0.3, 0.4) is 0 Å². The number of nitrogens with zero attached hydrogens (tertiary/aromatic N) is 2. The van der Waals surface area contributed by atoms with Gasteiger partial charge in [0.1, 0.15) is 5.37 Å². The molecule has 1 aliphatic heterocycles. The molecule has 1 aliphatic rings. The summed E-state index contributed by atoms with van der Waals surface area (Å²) < 4.78 is 0. The number of benzene rings is 1. The summed E-state index contributed by atoms with van der Waals surface area (Å²) in [4.78, 5) is 22.7. The van der Waals surface area contributed by atoms with Crippen LogP contribution in [0.1, 0.15) is 30.3 Å². The first kappa shape index (κ1) is 13.6. The van der Waals surface area contributed by atoms with Gasteiger partial charge in [0.15, 0.2) is 5.17 Å². The molecule has 0 saturated heterocycles. The Kier molecular flexibility index (Phi) is 3.90. The highest BCUT2D eigenvalue weighted by Gasteiger charge is 2.32. The third kappa shape index (κ3) is 3.14. The highest BCUT2D eigenvalue weighted by molar-refractivity contribution is 8.14. The Morgan fingerprint density at radius 2 is 1.89 bits per heavy atom. The average Bonchev–Trinajstić information content (AvgIpc) is 2.73. The van der Waals surface area contributed by atoms with E-state index in [0.717, 1.165) is 11.1 Å². The standard InChI is InChI=1S/C13H15N3O2S/c1-8-4-6-11(7-5-8)12-16(10(3)18)15-13(19-12)14-9(2)17/h4-7,12H,1-3H3,(H,14,15,17)/t12-/m0/s1. The maximum atomic E-state index is 11.6. The number of hydrogen-bond donors (Lipinski definition) is 1. The summed E-state index contributed by atoms with van der Waals surface area (Å²) >= 11 is 1.36. The van der Waals surface area contributed by atoms with E-state index in [-0.39, 0.29) is 17.2 Å². The van der Waals surface area contributed by atoms with Crippen molar-refractivity contribution < 1.29 is 9.59 Å². The second-order valence-corrected chi connectivity index (χ2v) is 5.40. The lowest BCUT2D eigenvalue weighted by Gasteiger charge is -2.19. The van der Waals surface area contributed by atoms with Gasteiger partial charge in [-0.2, -0.15) is 0 Å². The number of hydrogen-bond acceptors (Lipinski definition) is 4. The van der Waals surface area contributed by atoms with Crippen LogP contribution < -0.4 is 5.32 Å². The van der Waals surface area contributed by atoms with Crippen molar-refractivity contribution in [3.05, 3.63) is 35.4 Å². The molecule has 2 amide bonds. The van der Waals surface area contributed by atoms with Crippen molar-refractivity contribution in [3.63, 3.8) is 0 Å². The van der Waals surface area contributed by atoms with E-state index in [9.17, 15) is 9.59 Å². The van der Waals surface area contributed by atoms with Gasteiger partial charge in [-0.15, -0.1) is 5.10 Å². The minimum Gasteiger partial charge on any atom is -0.304 e. The van der Waals surface area contributed by atoms with E-state index >= 15 is 0 Å². The van der Waals surface area contributed by atoms with Crippen molar-refractivity contribution >= 4 is 28.7 Å². The lowest BCUT2D eigenvalue weighted by atomic mass is 10.1. The van der Waals surface area contributed by atoms with Gasteiger partial charge in [-0.1, -0.05) is 41.6 Å². The van der Waals surface area contributed by atoms with Crippen LogP contribution in [0.15, 0.2) is 29.4 Å². The van der Waals surface area contributed by atoms with E-state index in [1.54, 1.807) is 0 Å². The van der Waals surface area contributed by atoms with Gasteiger partial charge in [-0.05, 0) is 12.5 Å². The van der Waals surface area contributed by atoms with Crippen molar-refractivity contribution in [3.8, 4) is 0 Å². The average molecular weight is 277 g/mol. The summed E-state index contributed by atoms with van der Waals surface area (Å²) in [5.41, 5.74) is 2.14. The van der Waals surface area contributed by atoms with Crippen molar-refractivity contribution in [1.29, 1.82) is 0 Å². The number of amides is 2. The van der Waals surface area contributed by atoms with Crippen molar-refractivity contribution in [1.82, 2.24) is 10.3 Å². The molecule has 1 N–H and O–H groups in total. The fraction of sp³-hybridized carbons (Fsp3) is 0.308. The zero-order valence-corrected chi connectivity index (χ0v) is 11.8. The molecule has 0 unspecified atom stereocenters. The van der Waals surface area contributed by atoms with E-state index in [4.69, 9.17) is 0 Å². The molecule has 0 aromatic heterocycles. The van der Waals surface area contributed by atoms with Gasteiger partial charge in [0.25, 0.3) is 0 Å². The fourth-order valence-corrected chi connectivity index (χ4v) is 2.85. The highest BCUT2D eigenvalue weighted by atomic mass is 32.2. The number of rotatable bonds is 1. The maximum absolute atomic E-state index is 11.6. The van der Waals surface area contributed by atoms with Gasteiger partial charge in [0.2, 0.25) is 11.8 Å². The fourth-order valence-electron chi connectivity index (χ4n) is 1.71. The molecule has 0 fully saturated rings. The van der Waals surface area contributed by atoms with Crippen LogP contribution in [0.5, 0.6) is 0 Å². The zero-order valence-electron chi connectivity index (χ0n) is 11.0. The van der Waals surface area contributed by atoms with Crippen LogP contribution in [0.25, 0.3) is 0 Å². The Morgan fingerprint density at radius 3 is 2.42 bits per heavy atom. The van der Waals surface area contributed by atoms with E-state index in [0.29, 0.717) is 5.17 Å². The quantitative estimate of drug-likeness (QED) is 0.854. The molecule has 0 aliphatic carbocycles. The number of hydrazone groups is 1. The van der Waals surface area contributed by atoms with Crippen LogP contribution >= 0.6 is 11.8 Å². The van der Waals surface area contributed by atoms with E-state index in [2.05, 4.69) is 10.4 Å². The van der Waals surface area contributed by atoms with Crippen LogP contribution in [0.4, 0.5) is 0 Å². The Balaban J connectivity index is 2.24. The molecule has 5 nitrogen and oxygen atoms in total. The second kappa shape index (κ2) is 5.44. The lowest BCUT2D eigenvalue weighted by molar-refractivity contribution is -0.129. The van der Waals surface area contributed by atoms with Gasteiger partial charge in [0, 0.05) is 13.8 Å². The number of carbonyl (C=O) groups excluding carboxylic acids is 2. The van der Waals surface area contributed by atoms with Crippen molar-refractivity contribution in [2.75, 3.05) is 0 Å². The molecule has 2 rings (SSSR count). The summed E-state index contributed by atoms with van der Waals surface area (Å²) in [6.45, 7) is 4.88. The summed E-state index contributed by atoms with van der Waals surface area (Å²) in [5.74, 6) is -0.349. The minimum absolute atomic E-state index is 0.154. The zero-order chi connectivity index (χ0) is 14.0. The molecular formula is C13H15N3O2S. The summed E-state index contributed by atoms with van der Waals surface area (Å²) in [5, 5.41) is 8.38. The third-order valence-corrected chi connectivity index (χ3v) is 3.71. The third-order valence-electron chi connectivity index (χ3n) is 2.61. The minimum atomic E-state index is -0.222. The van der Waals surface area contributed by atoms with E-state index < -0.39 is 0 Å². The summed E-state index contributed by atoms with van der Waals surface area (Å²) in [6, 6.07) is 7.92. The first-order valence-corrected chi connectivity index (χ1v) is 6.74. The van der Waals surface area contributed by atoms with Gasteiger partial charge < -0.3 is 5.32 Å². The van der Waals surface area contributed by atoms with Crippen LogP contribution in [-0.4, -0.2) is 22.0 Å². The molecule has 1 aromatic rings. The van der Waals surface area contributed by atoms with Crippen LogP contribution in [0, 0.1) is 6.92 Å². The van der Waals surface area contributed by atoms with Gasteiger partial charge >= 0.3 is 0 Å². The Hall–Kier alpha value is -1.82. The van der Waals surface area contributed by atoms with Crippen LogP contribution in [-0.2, 0) is 9.59 Å². The number of thioether (sulfide) groups is 1. The lowest BCUT2D eigenvalue weighted by Crippen LogP contribution is -2.25. The number of amidine groups is 1. The molecule has 1 atom stereocenters. The first-order chi connectivity index (χ1) is 8.97. The highest BCUT2D eigenvalue weighted by Crippen LogP contribution is 2.38. The van der Waals surface area contributed by atoms with Gasteiger partial charge in [0.05, 0.1) is 0 Å². The predicted octanol–water partition coefficient (Wildman–Crippen LogP) is 2.00. The van der Waals surface area contributed by atoms with Gasteiger partial charge in [-0.3, -0.25) is 9.59 Å². The molecule has 0 saturated carbocycles. The second-order valence-electron chi connectivity index (χ2n) is 4.33. The van der Waals surface area contributed by atoms with Crippen molar-refractivity contribution in [2.45, 2.75) is 26.1 Å². The SMILES string of the molecule is CC(=O)NC1=NN(C(C)=O)[C@H](c2ccc(C)cc2)S1. The Labute approximate surface area is 116 Å². The molecular weight excluding hydrogens is 262 g/mol. The van der Waals surface area contributed by atoms with Gasteiger partial charge in [-0.25, -0.2) is 5.01 Å². The van der Waals surface area contributed by atoms with Crippen molar-refractivity contribution in [2.24, 2.45) is 5.10 Å². The predicted molar refractivity (Wildman–Crippen MR) is 75.3 cm³/mol. The molecule has 0 radical (unpaired) electrons. The number of carbonyl (C=O) groups is 2. The van der Waals surface area contributed by atoms with Crippen LogP contribution in [0.2, 0.25) is 0 Å². The molecule has 100 valence electrons. The molecule has 0 bridgehead atoms. The van der Waals surface area contributed by atoms with E-state index in [1.165, 1.54) is 30.6 Å². The molecule has 6 heteroatoms. The van der Waals surface area contributed by atoms with E-state index in [1.807, 2.05) is 31.2 Å². The Bertz CT molecular complexity index is 539. The molecule has 19 heavy (non-hydrogen) atoms. The summed E-state index contributed by atoms with van der Waals surface area (Å²) in [7, 11) is 0. The molecule has 1 aromatic carbocycles. The number of nitrogens with one attached hydrogen (secondary N) is 1. The molecule has 1 heterocycles. The smallest absolute Gasteiger partial charge is 0.241 e. The monoisotopic (exact) mass is 277 g/mol. The largest absolute Gasteiger partial charge is 0.304 e. The number of aryl methyl sites for hydroxylation is 1. The normalized spacial score (nSPS) is 18.2. The first-order valence-electron chi connectivity index (χ1n) is 5.86. The topological polar surface area (TPSA) is 61.8 Å². The molecule has 0 spiro atoms. The Morgan fingerprint density at radius 1 is 1.26 bits per heavy atom. The maximum Gasteiger partial charge on any atom is 0.241 e. The summed E-state index contributed by atoms with van der Waals surface area (Å²) in [6.07, 6.45) is 0.